The molecule has 1 saturated heterocycles. The summed E-state index contributed by atoms with van der Waals surface area (Å²) in [6, 6.07) is 15.3. The molecular weight excluding hydrogens is 331 g/mol. The monoisotopic (exact) mass is 354 g/mol. The lowest BCUT2D eigenvalue weighted by atomic mass is 9.93. The van der Waals surface area contributed by atoms with Crippen LogP contribution in [0.5, 0.6) is 0 Å². The van der Waals surface area contributed by atoms with E-state index in [1.165, 1.54) is 12.1 Å². The number of carbonyl (C=O) groups is 2. The molecule has 0 radical (unpaired) electrons. The van der Waals surface area contributed by atoms with Crippen molar-refractivity contribution < 1.29 is 14.0 Å². The maximum absolute atomic E-state index is 13.6. The van der Waals surface area contributed by atoms with Crippen molar-refractivity contribution >= 4 is 11.8 Å². The average molecular weight is 354 g/mol. The summed E-state index contributed by atoms with van der Waals surface area (Å²) in [6.07, 6.45) is 2.69. The molecule has 26 heavy (non-hydrogen) atoms. The van der Waals surface area contributed by atoms with E-state index in [1.54, 1.807) is 12.1 Å². The lowest BCUT2D eigenvalue weighted by Gasteiger charge is -2.32. The summed E-state index contributed by atoms with van der Waals surface area (Å²) in [5.74, 6) is -0.329. The fourth-order valence-electron chi connectivity index (χ4n) is 3.32. The summed E-state index contributed by atoms with van der Waals surface area (Å²) in [4.78, 5) is 26.3. The van der Waals surface area contributed by atoms with Gasteiger partial charge in [-0.25, -0.2) is 4.39 Å². The van der Waals surface area contributed by atoms with E-state index < -0.39 is 5.82 Å². The molecule has 136 valence electrons. The van der Waals surface area contributed by atoms with E-state index in [9.17, 15) is 14.0 Å². The van der Waals surface area contributed by atoms with Crippen molar-refractivity contribution in [2.75, 3.05) is 19.6 Å². The third kappa shape index (κ3) is 4.48. The first-order valence-corrected chi connectivity index (χ1v) is 9.02. The van der Waals surface area contributed by atoms with Gasteiger partial charge in [-0.3, -0.25) is 9.59 Å². The largest absolute Gasteiger partial charge is 0.352 e. The predicted octanol–water partition coefficient (Wildman–Crippen LogP) is 3.50. The topological polar surface area (TPSA) is 49.4 Å². The number of nitrogens with one attached hydrogen (secondary N) is 1. The van der Waals surface area contributed by atoms with Gasteiger partial charge in [-0.15, -0.1) is 0 Å². The fourth-order valence-corrected chi connectivity index (χ4v) is 3.32. The second-order valence-corrected chi connectivity index (χ2v) is 6.63. The van der Waals surface area contributed by atoms with Crippen LogP contribution in [-0.4, -0.2) is 36.3 Å². The van der Waals surface area contributed by atoms with Crippen LogP contribution in [0.3, 0.4) is 0 Å². The van der Waals surface area contributed by atoms with Gasteiger partial charge in [0.15, 0.2) is 0 Å². The van der Waals surface area contributed by atoms with Crippen LogP contribution in [0.1, 0.15) is 40.0 Å². The highest BCUT2D eigenvalue weighted by Crippen LogP contribution is 2.21. The van der Waals surface area contributed by atoms with Crippen LogP contribution in [0, 0.1) is 11.7 Å². The Kier molecular flexibility index (Phi) is 6.00. The van der Waals surface area contributed by atoms with Gasteiger partial charge in [-0.1, -0.05) is 30.3 Å². The van der Waals surface area contributed by atoms with Crippen LogP contribution in [0.4, 0.5) is 4.39 Å². The molecule has 0 aromatic heterocycles. The number of halogens is 1. The molecule has 1 aliphatic heterocycles. The number of benzene rings is 2. The Labute approximate surface area is 153 Å². The van der Waals surface area contributed by atoms with Crippen molar-refractivity contribution in [3.8, 4) is 0 Å². The Morgan fingerprint density at radius 3 is 2.35 bits per heavy atom. The second kappa shape index (κ2) is 8.61. The van der Waals surface area contributed by atoms with Crippen molar-refractivity contribution in [3.63, 3.8) is 0 Å². The minimum Gasteiger partial charge on any atom is -0.352 e. The van der Waals surface area contributed by atoms with E-state index in [0.717, 1.165) is 37.9 Å². The summed E-state index contributed by atoms with van der Waals surface area (Å²) in [7, 11) is 0. The van der Waals surface area contributed by atoms with Crippen LogP contribution in [0.25, 0.3) is 0 Å². The van der Waals surface area contributed by atoms with Crippen molar-refractivity contribution in [2.24, 2.45) is 5.92 Å². The Hall–Kier alpha value is -2.69. The minimum atomic E-state index is -0.502. The number of nitrogens with zero attached hydrogens (tertiary/aromatic N) is 1. The molecule has 1 aliphatic rings. The molecule has 0 aliphatic carbocycles. The molecule has 0 spiro atoms. The zero-order valence-electron chi connectivity index (χ0n) is 14.7. The van der Waals surface area contributed by atoms with Crippen LogP contribution in [0.15, 0.2) is 54.6 Å². The van der Waals surface area contributed by atoms with E-state index in [-0.39, 0.29) is 17.4 Å². The molecule has 2 aromatic rings. The molecule has 0 saturated carbocycles. The fraction of sp³-hybridized carbons (Fsp3) is 0.333. The van der Waals surface area contributed by atoms with Gasteiger partial charge in [0.25, 0.3) is 11.8 Å². The molecule has 2 amide bonds. The van der Waals surface area contributed by atoms with Gasteiger partial charge in [0.2, 0.25) is 0 Å². The summed E-state index contributed by atoms with van der Waals surface area (Å²) >= 11 is 0. The van der Waals surface area contributed by atoms with E-state index in [4.69, 9.17) is 0 Å². The quantitative estimate of drug-likeness (QED) is 0.893. The van der Waals surface area contributed by atoms with Crippen molar-refractivity contribution in [2.45, 2.75) is 19.3 Å². The first-order valence-electron chi connectivity index (χ1n) is 9.02. The van der Waals surface area contributed by atoms with Gasteiger partial charge in [-0.2, -0.15) is 0 Å². The Morgan fingerprint density at radius 1 is 1.00 bits per heavy atom. The van der Waals surface area contributed by atoms with Gasteiger partial charge >= 0.3 is 0 Å². The molecule has 0 bridgehead atoms. The van der Waals surface area contributed by atoms with Crippen molar-refractivity contribution in [1.82, 2.24) is 10.2 Å². The molecular formula is C21H23FN2O2. The van der Waals surface area contributed by atoms with Gasteiger partial charge in [0, 0.05) is 25.2 Å². The SMILES string of the molecule is O=C(NCCC1CCN(C(=O)c2ccccc2)CC1)c1ccccc1F. The van der Waals surface area contributed by atoms with E-state index in [1.807, 2.05) is 35.2 Å². The highest BCUT2D eigenvalue weighted by molar-refractivity contribution is 5.94. The van der Waals surface area contributed by atoms with Gasteiger partial charge in [-0.05, 0) is 49.4 Å². The Balaban J connectivity index is 1.41. The normalized spacial score (nSPS) is 14.9. The van der Waals surface area contributed by atoms with E-state index in [2.05, 4.69) is 5.32 Å². The van der Waals surface area contributed by atoms with Gasteiger partial charge in [0.05, 0.1) is 5.56 Å². The lowest BCUT2D eigenvalue weighted by molar-refractivity contribution is 0.0687. The minimum absolute atomic E-state index is 0.0794. The van der Waals surface area contributed by atoms with Crippen LogP contribution in [0.2, 0.25) is 0 Å². The molecule has 0 unspecified atom stereocenters. The Bertz CT molecular complexity index is 756. The average Bonchev–Trinajstić information content (AvgIpc) is 2.69. The molecule has 1 heterocycles. The zero-order chi connectivity index (χ0) is 18.4. The highest BCUT2D eigenvalue weighted by atomic mass is 19.1. The lowest BCUT2D eigenvalue weighted by Crippen LogP contribution is -2.39. The molecule has 1 fully saturated rings. The number of hydrogen-bond acceptors (Lipinski definition) is 2. The number of piperidine rings is 1. The molecule has 1 N–H and O–H groups in total. The summed E-state index contributed by atoms with van der Waals surface area (Å²) < 4.78 is 13.6. The summed E-state index contributed by atoms with van der Waals surface area (Å²) in [6.45, 7) is 1.99. The maximum atomic E-state index is 13.6. The van der Waals surface area contributed by atoms with Crippen LogP contribution in [-0.2, 0) is 0 Å². The van der Waals surface area contributed by atoms with Gasteiger partial charge < -0.3 is 10.2 Å². The summed E-state index contributed by atoms with van der Waals surface area (Å²) in [5.41, 5.74) is 0.805. The second-order valence-electron chi connectivity index (χ2n) is 6.63. The number of likely N-dealkylation sites (tertiary alicyclic amines) is 1. The van der Waals surface area contributed by atoms with Crippen LogP contribution >= 0.6 is 0 Å². The maximum Gasteiger partial charge on any atom is 0.254 e. The third-order valence-electron chi connectivity index (χ3n) is 4.88. The standard InChI is InChI=1S/C21H23FN2O2/c22-19-9-5-4-8-18(19)20(25)23-13-10-16-11-14-24(15-12-16)21(26)17-6-2-1-3-7-17/h1-9,16H,10-15H2,(H,23,25). The molecule has 2 aromatic carbocycles. The zero-order valence-corrected chi connectivity index (χ0v) is 14.7. The molecule has 3 rings (SSSR count). The first kappa shape index (κ1) is 18.1. The summed E-state index contributed by atoms with van der Waals surface area (Å²) in [5, 5.41) is 2.79. The van der Waals surface area contributed by atoms with Crippen molar-refractivity contribution in [3.05, 3.63) is 71.5 Å². The molecule has 0 atom stereocenters. The van der Waals surface area contributed by atoms with Gasteiger partial charge in [0.1, 0.15) is 5.82 Å². The Morgan fingerprint density at radius 2 is 1.65 bits per heavy atom. The number of amides is 2. The number of carbonyl (C=O) groups excluding carboxylic acids is 2. The van der Waals surface area contributed by atoms with E-state index >= 15 is 0 Å². The highest BCUT2D eigenvalue weighted by Gasteiger charge is 2.23. The smallest absolute Gasteiger partial charge is 0.254 e. The van der Waals surface area contributed by atoms with Crippen molar-refractivity contribution in [1.29, 1.82) is 0 Å². The number of rotatable bonds is 5. The first-order chi connectivity index (χ1) is 12.6. The van der Waals surface area contributed by atoms with E-state index in [0.29, 0.717) is 12.5 Å². The predicted molar refractivity (Wildman–Crippen MR) is 98.4 cm³/mol. The van der Waals surface area contributed by atoms with Crippen LogP contribution < -0.4 is 5.32 Å². The molecule has 4 nitrogen and oxygen atoms in total. The molecule has 5 heteroatoms. The number of hydrogen-bond donors (Lipinski definition) is 1. The third-order valence-corrected chi connectivity index (χ3v) is 4.88.